The van der Waals surface area contributed by atoms with E-state index in [0.29, 0.717) is 12.6 Å². The Bertz CT molecular complexity index is 371. The van der Waals surface area contributed by atoms with Crippen molar-refractivity contribution in [3.63, 3.8) is 0 Å². The number of rotatable bonds is 4. The lowest BCUT2D eigenvalue weighted by molar-refractivity contribution is 0.342. The van der Waals surface area contributed by atoms with E-state index in [-0.39, 0.29) is 0 Å². The Kier molecular flexibility index (Phi) is 4.73. The molecule has 0 bridgehead atoms. The van der Waals surface area contributed by atoms with Crippen LogP contribution in [0.1, 0.15) is 45.4 Å². The molecule has 0 unspecified atom stereocenters. The summed E-state index contributed by atoms with van der Waals surface area (Å²) in [6.45, 7) is 2.63. The Morgan fingerprint density at radius 3 is 2.61 bits per heavy atom. The molecule has 1 saturated carbocycles. The standard InChI is InChI=1S/C15H24N2O/c1-2-18-14-11-7-10-13(15(14)16)17-12-8-5-3-4-6-9-12/h7,10-12,17H,2-6,8-9,16H2,1H3. The Labute approximate surface area is 110 Å². The summed E-state index contributed by atoms with van der Waals surface area (Å²) in [4.78, 5) is 0. The van der Waals surface area contributed by atoms with E-state index < -0.39 is 0 Å². The molecule has 0 heterocycles. The van der Waals surface area contributed by atoms with Crippen molar-refractivity contribution < 1.29 is 4.74 Å². The van der Waals surface area contributed by atoms with Crippen LogP contribution in [0.3, 0.4) is 0 Å². The first kappa shape index (κ1) is 13.1. The van der Waals surface area contributed by atoms with Gasteiger partial charge in [0.1, 0.15) is 5.75 Å². The summed E-state index contributed by atoms with van der Waals surface area (Å²) in [6, 6.07) is 6.53. The minimum atomic E-state index is 0.562. The normalized spacial score (nSPS) is 17.2. The molecule has 3 heteroatoms. The molecule has 100 valence electrons. The molecule has 0 aliphatic heterocycles. The molecular formula is C15H24N2O. The van der Waals surface area contributed by atoms with Crippen LogP contribution in [0.2, 0.25) is 0 Å². The number of para-hydroxylation sites is 1. The van der Waals surface area contributed by atoms with E-state index in [9.17, 15) is 0 Å². The number of nitrogens with two attached hydrogens (primary N) is 1. The maximum atomic E-state index is 6.14. The minimum Gasteiger partial charge on any atom is -0.492 e. The van der Waals surface area contributed by atoms with Crippen molar-refractivity contribution in [1.82, 2.24) is 0 Å². The summed E-state index contributed by atoms with van der Waals surface area (Å²) in [6.07, 6.45) is 7.88. The highest BCUT2D eigenvalue weighted by molar-refractivity contribution is 5.73. The molecule has 1 aromatic rings. The van der Waals surface area contributed by atoms with E-state index in [1.165, 1.54) is 38.5 Å². The monoisotopic (exact) mass is 248 g/mol. The number of ether oxygens (including phenoxy) is 1. The number of nitrogens with one attached hydrogen (secondary N) is 1. The highest BCUT2D eigenvalue weighted by atomic mass is 16.5. The van der Waals surface area contributed by atoms with Crippen LogP contribution in [-0.2, 0) is 0 Å². The van der Waals surface area contributed by atoms with Crippen LogP contribution in [0.4, 0.5) is 11.4 Å². The maximum Gasteiger partial charge on any atom is 0.144 e. The van der Waals surface area contributed by atoms with Gasteiger partial charge in [-0.3, -0.25) is 0 Å². The molecule has 1 aliphatic rings. The van der Waals surface area contributed by atoms with Crippen LogP contribution in [0.25, 0.3) is 0 Å². The molecule has 1 fully saturated rings. The number of anilines is 2. The minimum absolute atomic E-state index is 0.562. The van der Waals surface area contributed by atoms with Crippen molar-refractivity contribution in [2.45, 2.75) is 51.5 Å². The Balaban J connectivity index is 2.05. The summed E-state index contributed by atoms with van der Waals surface area (Å²) in [7, 11) is 0. The molecule has 0 aromatic heterocycles. The largest absolute Gasteiger partial charge is 0.492 e. The van der Waals surface area contributed by atoms with Crippen molar-refractivity contribution in [3.05, 3.63) is 18.2 Å². The van der Waals surface area contributed by atoms with Crippen molar-refractivity contribution in [1.29, 1.82) is 0 Å². The number of benzene rings is 1. The molecule has 0 spiro atoms. The first-order chi connectivity index (χ1) is 8.81. The van der Waals surface area contributed by atoms with Crippen LogP contribution in [0.5, 0.6) is 5.75 Å². The predicted molar refractivity (Wildman–Crippen MR) is 77.1 cm³/mol. The Morgan fingerprint density at radius 2 is 1.94 bits per heavy atom. The molecule has 0 saturated heterocycles. The Hall–Kier alpha value is -1.38. The molecule has 0 radical (unpaired) electrons. The summed E-state index contributed by atoms with van der Waals surface area (Å²) >= 11 is 0. The lowest BCUT2D eigenvalue weighted by Gasteiger charge is -2.20. The zero-order valence-corrected chi connectivity index (χ0v) is 11.2. The zero-order valence-electron chi connectivity index (χ0n) is 11.2. The van der Waals surface area contributed by atoms with E-state index in [1.54, 1.807) is 0 Å². The van der Waals surface area contributed by atoms with Crippen molar-refractivity contribution in [2.24, 2.45) is 0 Å². The number of hydrogen-bond acceptors (Lipinski definition) is 3. The van der Waals surface area contributed by atoms with Crippen LogP contribution in [0.15, 0.2) is 18.2 Å². The Morgan fingerprint density at radius 1 is 1.22 bits per heavy atom. The van der Waals surface area contributed by atoms with Gasteiger partial charge in [0.15, 0.2) is 0 Å². The van der Waals surface area contributed by atoms with Gasteiger partial charge in [0.25, 0.3) is 0 Å². The van der Waals surface area contributed by atoms with Crippen molar-refractivity contribution >= 4 is 11.4 Å². The molecule has 1 aromatic carbocycles. The van der Waals surface area contributed by atoms with Gasteiger partial charge in [0, 0.05) is 6.04 Å². The van der Waals surface area contributed by atoms with Gasteiger partial charge in [-0.05, 0) is 31.9 Å². The predicted octanol–water partition coefficient (Wildman–Crippen LogP) is 3.80. The van der Waals surface area contributed by atoms with Crippen LogP contribution in [0, 0.1) is 0 Å². The second kappa shape index (κ2) is 6.53. The third-order valence-corrected chi connectivity index (χ3v) is 3.58. The molecule has 0 atom stereocenters. The second-order valence-electron chi connectivity index (χ2n) is 4.98. The van der Waals surface area contributed by atoms with E-state index in [2.05, 4.69) is 5.32 Å². The van der Waals surface area contributed by atoms with Gasteiger partial charge in [0.2, 0.25) is 0 Å². The van der Waals surface area contributed by atoms with Gasteiger partial charge in [-0.2, -0.15) is 0 Å². The maximum absolute atomic E-state index is 6.14. The second-order valence-corrected chi connectivity index (χ2v) is 4.98. The van der Waals surface area contributed by atoms with Gasteiger partial charge in [-0.1, -0.05) is 31.7 Å². The quantitative estimate of drug-likeness (QED) is 0.629. The third-order valence-electron chi connectivity index (χ3n) is 3.58. The fourth-order valence-corrected chi connectivity index (χ4v) is 2.59. The molecule has 0 amide bonds. The first-order valence-electron chi connectivity index (χ1n) is 7.09. The smallest absolute Gasteiger partial charge is 0.144 e. The number of nitrogen functional groups attached to an aromatic ring is 1. The molecule has 3 N–H and O–H groups in total. The van der Waals surface area contributed by atoms with Gasteiger partial charge in [-0.25, -0.2) is 0 Å². The van der Waals surface area contributed by atoms with Crippen LogP contribution < -0.4 is 15.8 Å². The number of hydrogen-bond donors (Lipinski definition) is 2. The van der Waals surface area contributed by atoms with Gasteiger partial charge in [0.05, 0.1) is 18.0 Å². The fourth-order valence-electron chi connectivity index (χ4n) is 2.59. The SMILES string of the molecule is CCOc1cccc(NC2CCCCCC2)c1N. The van der Waals surface area contributed by atoms with Gasteiger partial charge < -0.3 is 15.8 Å². The molecule has 1 aliphatic carbocycles. The molecule has 3 nitrogen and oxygen atoms in total. The van der Waals surface area contributed by atoms with E-state index in [0.717, 1.165) is 17.1 Å². The summed E-state index contributed by atoms with van der Waals surface area (Å²) in [5.74, 6) is 0.788. The third kappa shape index (κ3) is 3.31. The van der Waals surface area contributed by atoms with E-state index >= 15 is 0 Å². The summed E-state index contributed by atoms with van der Waals surface area (Å²) < 4.78 is 5.53. The highest BCUT2D eigenvalue weighted by Gasteiger charge is 2.14. The van der Waals surface area contributed by atoms with Crippen LogP contribution >= 0.6 is 0 Å². The van der Waals surface area contributed by atoms with Crippen molar-refractivity contribution in [3.8, 4) is 5.75 Å². The van der Waals surface area contributed by atoms with Gasteiger partial charge >= 0.3 is 0 Å². The van der Waals surface area contributed by atoms with Gasteiger partial charge in [-0.15, -0.1) is 0 Å². The van der Waals surface area contributed by atoms with Crippen molar-refractivity contribution in [2.75, 3.05) is 17.7 Å². The topological polar surface area (TPSA) is 47.3 Å². The lowest BCUT2D eigenvalue weighted by atomic mass is 10.1. The van der Waals surface area contributed by atoms with E-state index in [1.807, 2.05) is 25.1 Å². The summed E-state index contributed by atoms with van der Waals surface area (Å²) in [5.41, 5.74) is 7.90. The lowest BCUT2D eigenvalue weighted by Crippen LogP contribution is -2.19. The zero-order chi connectivity index (χ0) is 12.8. The van der Waals surface area contributed by atoms with E-state index in [4.69, 9.17) is 10.5 Å². The molecule has 2 rings (SSSR count). The average Bonchev–Trinajstić information content (AvgIpc) is 2.63. The molecule has 18 heavy (non-hydrogen) atoms. The summed E-state index contributed by atoms with van der Waals surface area (Å²) in [5, 5.41) is 3.58. The molecular weight excluding hydrogens is 224 g/mol. The van der Waals surface area contributed by atoms with Crippen LogP contribution in [-0.4, -0.2) is 12.6 Å². The first-order valence-corrected chi connectivity index (χ1v) is 7.09. The average molecular weight is 248 g/mol. The highest BCUT2D eigenvalue weighted by Crippen LogP contribution is 2.31. The fraction of sp³-hybridized carbons (Fsp3) is 0.600.